The zero-order valence-electron chi connectivity index (χ0n) is 18.0. The maximum atomic E-state index is 12.1. The van der Waals surface area contributed by atoms with E-state index in [1.807, 2.05) is 0 Å². The van der Waals surface area contributed by atoms with E-state index in [2.05, 4.69) is 19.1 Å². The van der Waals surface area contributed by atoms with Crippen LogP contribution in [0.15, 0.2) is 23.8 Å². The SMILES string of the molecule is CCCCCCCC/C=C/CCCCCCCC(=O)N1CC=C(C(=O)O)CC1. The lowest BCUT2D eigenvalue weighted by atomic mass is 10.1. The van der Waals surface area contributed by atoms with Gasteiger partial charge < -0.3 is 10.0 Å². The minimum Gasteiger partial charge on any atom is -0.478 e. The van der Waals surface area contributed by atoms with E-state index in [9.17, 15) is 9.59 Å². The Kier molecular flexibility index (Phi) is 14.3. The molecule has 0 aromatic carbocycles. The Morgan fingerprint density at radius 3 is 2.04 bits per heavy atom. The van der Waals surface area contributed by atoms with Crippen LogP contribution >= 0.6 is 0 Å². The van der Waals surface area contributed by atoms with Gasteiger partial charge in [0.1, 0.15) is 0 Å². The van der Waals surface area contributed by atoms with Crippen LogP contribution in [0.3, 0.4) is 0 Å². The fourth-order valence-corrected chi connectivity index (χ4v) is 3.59. The fraction of sp³-hybridized carbons (Fsp3) is 0.750. The molecule has 1 N–H and O–H groups in total. The molecule has 1 rings (SSSR count). The molecule has 1 heterocycles. The van der Waals surface area contributed by atoms with Crippen molar-refractivity contribution in [2.24, 2.45) is 0 Å². The maximum Gasteiger partial charge on any atom is 0.331 e. The molecule has 0 aliphatic carbocycles. The van der Waals surface area contributed by atoms with Crippen molar-refractivity contribution in [3.63, 3.8) is 0 Å². The lowest BCUT2D eigenvalue weighted by Crippen LogP contribution is -2.35. The second-order valence-electron chi connectivity index (χ2n) is 7.96. The quantitative estimate of drug-likeness (QED) is 0.249. The Bertz CT molecular complexity index is 496. The molecule has 1 aliphatic rings. The van der Waals surface area contributed by atoms with Crippen molar-refractivity contribution in [3.8, 4) is 0 Å². The lowest BCUT2D eigenvalue weighted by Gasteiger charge is -2.25. The number of carbonyl (C=O) groups is 2. The summed E-state index contributed by atoms with van der Waals surface area (Å²) < 4.78 is 0. The first-order valence-corrected chi connectivity index (χ1v) is 11.5. The molecule has 4 nitrogen and oxygen atoms in total. The van der Waals surface area contributed by atoms with Gasteiger partial charge in [0.25, 0.3) is 0 Å². The number of carbonyl (C=O) groups excluding carboxylic acids is 1. The zero-order chi connectivity index (χ0) is 20.5. The van der Waals surface area contributed by atoms with Gasteiger partial charge in [0.15, 0.2) is 0 Å². The predicted molar refractivity (Wildman–Crippen MR) is 116 cm³/mol. The molecule has 0 radical (unpaired) electrons. The first-order chi connectivity index (χ1) is 13.6. The van der Waals surface area contributed by atoms with Gasteiger partial charge in [0.2, 0.25) is 5.91 Å². The minimum atomic E-state index is -0.857. The summed E-state index contributed by atoms with van der Waals surface area (Å²) in [4.78, 5) is 24.8. The number of hydrogen-bond acceptors (Lipinski definition) is 2. The van der Waals surface area contributed by atoms with Gasteiger partial charge >= 0.3 is 5.97 Å². The van der Waals surface area contributed by atoms with Crippen molar-refractivity contribution in [2.75, 3.05) is 13.1 Å². The van der Waals surface area contributed by atoms with Gasteiger partial charge in [-0.3, -0.25) is 4.79 Å². The molecule has 0 fully saturated rings. The number of amides is 1. The summed E-state index contributed by atoms with van der Waals surface area (Å²) in [5.74, 6) is -0.692. The van der Waals surface area contributed by atoms with E-state index in [1.54, 1.807) is 11.0 Å². The van der Waals surface area contributed by atoms with Crippen molar-refractivity contribution in [1.82, 2.24) is 4.90 Å². The molecule has 0 saturated carbocycles. The monoisotopic (exact) mass is 391 g/mol. The molecule has 4 heteroatoms. The number of carboxylic acid groups (broad SMARTS) is 1. The highest BCUT2D eigenvalue weighted by atomic mass is 16.4. The average Bonchev–Trinajstić information content (AvgIpc) is 2.70. The van der Waals surface area contributed by atoms with Crippen LogP contribution in [0.5, 0.6) is 0 Å². The normalized spacial score (nSPS) is 14.5. The lowest BCUT2D eigenvalue weighted by molar-refractivity contribution is -0.135. The van der Waals surface area contributed by atoms with Gasteiger partial charge in [0, 0.05) is 25.1 Å². The molecule has 0 bridgehead atoms. The molecule has 160 valence electrons. The van der Waals surface area contributed by atoms with E-state index in [4.69, 9.17) is 5.11 Å². The van der Waals surface area contributed by atoms with E-state index < -0.39 is 5.97 Å². The van der Waals surface area contributed by atoms with Gasteiger partial charge in [-0.15, -0.1) is 0 Å². The van der Waals surface area contributed by atoms with Crippen LogP contribution in [-0.2, 0) is 9.59 Å². The summed E-state index contributed by atoms with van der Waals surface area (Å²) in [6, 6.07) is 0. The molecule has 1 aliphatic heterocycles. The van der Waals surface area contributed by atoms with Crippen LogP contribution in [0.4, 0.5) is 0 Å². The molecule has 0 atom stereocenters. The summed E-state index contributed by atoms with van der Waals surface area (Å²) in [5.41, 5.74) is 0.435. The summed E-state index contributed by atoms with van der Waals surface area (Å²) in [6.45, 7) is 3.25. The van der Waals surface area contributed by atoms with Crippen LogP contribution in [0, 0.1) is 0 Å². The van der Waals surface area contributed by atoms with Crippen molar-refractivity contribution >= 4 is 11.9 Å². The van der Waals surface area contributed by atoms with Crippen LogP contribution < -0.4 is 0 Å². The first-order valence-electron chi connectivity index (χ1n) is 11.5. The summed E-state index contributed by atoms with van der Waals surface area (Å²) in [6.07, 6.45) is 23.8. The third-order valence-corrected chi connectivity index (χ3v) is 5.49. The Morgan fingerprint density at radius 2 is 1.50 bits per heavy atom. The predicted octanol–water partition coefficient (Wildman–Crippen LogP) is 6.27. The van der Waals surface area contributed by atoms with Gasteiger partial charge in [0.05, 0.1) is 0 Å². The maximum absolute atomic E-state index is 12.1. The number of allylic oxidation sites excluding steroid dienone is 2. The summed E-state index contributed by atoms with van der Waals surface area (Å²) in [7, 11) is 0. The molecule has 0 spiro atoms. The van der Waals surface area contributed by atoms with E-state index in [-0.39, 0.29) is 5.91 Å². The molecule has 1 amide bonds. The van der Waals surface area contributed by atoms with Crippen LogP contribution in [-0.4, -0.2) is 35.0 Å². The zero-order valence-corrected chi connectivity index (χ0v) is 18.0. The summed E-state index contributed by atoms with van der Waals surface area (Å²) in [5, 5.41) is 8.94. The number of carboxylic acids is 1. The number of rotatable bonds is 16. The molecule has 0 aromatic rings. The van der Waals surface area contributed by atoms with Gasteiger partial charge in [-0.05, 0) is 38.5 Å². The average molecular weight is 392 g/mol. The number of unbranched alkanes of at least 4 members (excludes halogenated alkanes) is 11. The van der Waals surface area contributed by atoms with Gasteiger partial charge in [-0.2, -0.15) is 0 Å². The van der Waals surface area contributed by atoms with E-state index in [0.29, 0.717) is 31.5 Å². The van der Waals surface area contributed by atoms with E-state index in [1.165, 1.54) is 70.6 Å². The van der Waals surface area contributed by atoms with Crippen LogP contribution in [0.1, 0.15) is 103 Å². The third-order valence-electron chi connectivity index (χ3n) is 5.49. The number of aliphatic carboxylic acids is 1. The molecule has 0 aromatic heterocycles. The highest BCUT2D eigenvalue weighted by molar-refractivity contribution is 5.87. The topological polar surface area (TPSA) is 57.6 Å². The van der Waals surface area contributed by atoms with Crippen molar-refractivity contribution < 1.29 is 14.7 Å². The molecule has 0 unspecified atom stereocenters. The molecular formula is C24H41NO3. The van der Waals surface area contributed by atoms with Crippen molar-refractivity contribution in [1.29, 1.82) is 0 Å². The second-order valence-corrected chi connectivity index (χ2v) is 7.96. The minimum absolute atomic E-state index is 0.165. The molecule has 28 heavy (non-hydrogen) atoms. The van der Waals surface area contributed by atoms with E-state index in [0.717, 1.165) is 12.8 Å². The number of nitrogens with zero attached hydrogens (tertiary/aromatic N) is 1. The van der Waals surface area contributed by atoms with Crippen molar-refractivity contribution in [2.45, 2.75) is 103 Å². The largest absolute Gasteiger partial charge is 0.478 e. The fourth-order valence-electron chi connectivity index (χ4n) is 3.59. The van der Waals surface area contributed by atoms with Crippen molar-refractivity contribution in [3.05, 3.63) is 23.8 Å². The highest BCUT2D eigenvalue weighted by Gasteiger charge is 2.19. The van der Waals surface area contributed by atoms with Crippen LogP contribution in [0.2, 0.25) is 0 Å². The summed E-state index contributed by atoms with van der Waals surface area (Å²) >= 11 is 0. The van der Waals surface area contributed by atoms with Crippen LogP contribution in [0.25, 0.3) is 0 Å². The Labute approximate surface area is 172 Å². The van der Waals surface area contributed by atoms with E-state index >= 15 is 0 Å². The third kappa shape index (κ3) is 12.0. The molecular weight excluding hydrogens is 350 g/mol. The van der Waals surface area contributed by atoms with Gasteiger partial charge in [-0.1, -0.05) is 76.5 Å². The Hall–Kier alpha value is -1.58. The number of hydrogen-bond donors (Lipinski definition) is 1. The molecule has 0 saturated heterocycles. The Balaban J connectivity index is 1.89. The standard InChI is InChI=1S/C24H41NO3/c1-2-3-4-5-6-7-8-9-10-11-12-13-14-15-16-17-23(26)25-20-18-22(19-21-25)24(27)28/h9-10,18H,2-8,11-17,19-21H2,1H3,(H,27,28)/b10-9+. The Morgan fingerprint density at radius 1 is 0.929 bits per heavy atom. The smallest absolute Gasteiger partial charge is 0.331 e. The second kappa shape index (κ2) is 16.4. The first kappa shape index (κ1) is 24.5. The highest BCUT2D eigenvalue weighted by Crippen LogP contribution is 2.14. The van der Waals surface area contributed by atoms with Gasteiger partial charge in [-0.25, -0.2) is 4.79 Å².